The summed E-state index contributed by atoms with van der Waals surface area (Å²) in [6, 6.07) is 9.85. The van der Waals surface area contributed by atoms with E-state index in [1.807, 2.05) is 37.4 Å². The Bertz CT molecular complexity index is 850. The molecule has 30 heavy (non-hydrogen) atoms. The molecule has 8 heteroatoms. The van der Waals surface area contributed by atoms with Crippen LogP contribution >= 0.6 is 0 Å². The van der Waals surface area contributed by atoms with E-state index >= 15 is 0 Å². The van der Waals surface area contributed by atoms with E-state index in [2.05, 4.69) is 25.1 Å². The van der Waals surface area contributed by atoms with Crippen LogP contribution in [0.3, 0.4) is 0 Å². The third-order valence-corrected chi connectivity index (χ3v) is 5.25. The number of methoxy groups -OCH3 is 3. The van der Waals surface area contributed by atoms with Gasteiger partial charge in [-0.05, 0) is 24.3 Å². The molecule has 0 atom stereocenters. The number of guanidine groups is 1. The smallest absolute Gasteiger partial charge is 0.218 e. The molecule has 0 radical (unpaired) electrons. The lowest BCUT2D eigenvalue weighted by molar-refractivity contribution is 0.171. The predicted octanol–water partition coefficient (Wildman–Crippen LogP) is 2.00. The molecule has 1 N–H and O–H groups in total. The van der Waals surface area contributed by atoms with Crippen LogP contribution < -0.4 is 19.5 Å². The molecule has 1 saturated heterocycles. The highest BCUT2D eigenvalue weighted by Gasteiger charge is 2.21. The first-order chi connectivity index (χ1) is 14.7. The molecule has 2 heterocycles. The summed E-state index contributed by atoms with van der Waals surface area (Å²) in [4.78, 5) is 13.4. The van der Waals surface area contributed by atoms with Gasteiger partial charge >= 0.3 is 0 Å². The van der Waals surface area contributed by atoms with Crippen molar-refractivity contribution in [2.24, 2.45) is 4.99 Å². The van der Waals surface area contributed by atoms with E-state index in [4.69, 9.17) is 14.2 Å². The normalized spacial score (nSPS) is 15.1. The average molecular weight is 414 g/mol. The number of nitrogens with one attached hydrogen (secondary N) is 1. The zero-order chi connectivity index (χ0) is 21.3. The van der Waals surface area contributed by atoms with E-state index in [0.29, 0.717) is 12.4 Å². The second-order valence-corrected chi connectivity index (χ2v) is 7.01. The van der Waals surface area contributed by atoms with Crippen molar-refractivity contribution < 1.29 is 14.2 Å². The predicted molar refractivity (Wildman–Crippen MR) is 117 cm³/mol. The van der Waals surface area contributed by atoms with Crippen molar-refractivity contribution in [2.75, 3.05) is 54.6 Å². The lowest BCUT2D eigenvalue weighted by Crippen LogP contribution is -2.52. The number of ether oxygens (including phenoxy) is 3. The number of hydrogen-bond donors (Lipinski definition) is 1. The van der Waals surface area contributed by atoms with Gasteiger partial charge in [0.05, 0.1) is 21.3 Å². The Balaban J connectivity index is 1.55. The molecule has 1 aromatic heterocycles. The molecule has 8 nitrogen and oxygen atoms in total. The molecule has 0 spiro atoms. The Morgan fingerprint density at radius 2 is 1.83 bits per heavy atom. The maximum absolute atomic E-state index is 5.52. The topological polar surface area (TPSA) is 71.5 Å². The fourth-order valence-corrected chi connectivity index (χ4v) is 3.61. The van der Waals surface area contributed by atoms with Gasteiger partial charge in [-0.2, -0.15) is 0 Å². The summed E-state index contributed by atoms with van der Waals surface area (Å²) < 4.78 is 16.2. The highest BCUT2D eigenvalue weighted by atomic mass is 16.5. The number of piperazine rings is 1. The molecule has 2 aromatic rings. The fraction of sp³-hybridized carbons (Fsp3) is 0.455. The van der Waals surface area contributed by atoms with Crippen LogP contribution in [0.15, 0.2) is 41.5 Å². The van der Waals surface area contributed by atoms with Crippen molar-refractivity contribution in [1.82, 2.24) is 20.1 Å². The van der Waals surface area contributed by atoms with Gasteiger partial charge in [-0.1, -0.05) is 6.07 Å². The summed E-state index contributed by atoms with van der Waals surface area (Å²) in [5.74, 6) is 3.26. The summed E-state index contributed by atoms with van der Waals surface area (Å²) in [6.07, 6.45) is 1.73. The van der Waals surface area contributed by atoms with Crippen molar-refractivity contribution in [3.05, 3.63) is 47.7 Å². The number of benzene rings is 1. The molecule has 0 bridgehead atoms. The number of aliphatic imine (C=N–C) groups is 1. The third-order valence-electron chi connectivity index (χ3n) is 5.25. The number of nitrogens with zero attached hydrogens (tertiary/aromatic N) is 4. The van der Waals surface area contributed by atoms with E-state index in [1.165, 1.54) is 0 Å². The van der Waals surface area contributed by atoms with Crippen LogP contribution in [0, 0.1) is 0 Å². The van der Waals surface area contributed by atoms with Crippen molar-refractivity contribution in [3.8, 4) is 17.4 Å². The molecule has 0 aliphatic carbocycles. The van der Waals surface area contributed by atoms with Crippen LogP contribution in [0.5, 0.6) is 17.4 Å². The zero-order valence-electron chi connectivity index (χ0n) is 18.2. The van der Waals surface area contributed by atoms with Crippen molar-refractivity contribution >= 4 is 5.96 Å². The Morgan fingerprint density at radius 3 is 2.50 bits per heavy atom. The highest BCUT2D eigenvalue weighted by Crippen LogP contribution is 2.25. The Hall–Kier alpha value is -3.00. The summed E-state index contributed by atoms with van der Waals surface area (Å²) in [7, 11) is 6.84. The third kappa shape index (κ3) is 5.33. The van der Waals surface area contributed by atoms with E-state index < -0.39 is 0 Å². The van der Waals surface area contributed by atoms with Gasteiger partial charge in [0.1, 0.15) is 11.5 Å². The van der Waals surface area contributed by atoms with Gasteiger partial charge in [-0.15, -0.1) is 0 Å². The van der Waals surface area contributed by atoms with Gasteiger partial charge in [0, 0.05) is 63.6 Å². The first-order valence-electron chi connectivity index (χ1n) is 10.0. The van der Waals surface area contributed by atoms with Crippen LogP contribution in [-0.4, -0.2) is 75.3 Å². The first kappa shape index (κ1) is 21.7. The monoisotopic (exact) mass is 413 g/mol. The quantitative estimate of drug-likeness (QED) is 0.550. The van der Waals surface area contributed by atoms with Gasteiger partial charge in [-0.3, -0.25) is 9.89 Å². The van der Waals surface area contributed by atoms with E-state index in [1.54, 1.807) is 27.5 Å². The van der Waals surface area contributed by atoms with E-state index in [0.717, 1.165) is 61.3 Å². The molecule has 0 amide bonds. The molecular weight excluding hydrogens is 382 g/mol. The molecule has 162 valence electrons. The largest absolute Gasteiger partial charge is 0.497 e. The highest BCUT2D eigenvalue weighted by molar-refractivity contribution is 5.80. The number of rotatable bonds is 7. The SMILES string of the molecule is CN=C(NCc1cccnc1OC)N1CCN(Cc2cc(OC)ccc2OC)CC1. The van der Waals surface area contributed by atoms with Crippen molar-refractivity contribution in [2.45, 2.75) is 13.1 Å². The molecular formula is C22H31N5O3. The molecule has 0 saturated carbocycles. The maximum Gasteiger partial charge on any atom is 0.218 e. The van der Waals surface area contributed by atoms with Crippen LogP contribution in [0.25, 0.3) is 0 Å². The Morgan fingerprint density at radius 1 is 1.03 bits per heavy atom. The molecule has 1 fully saturated rings. The maximum atomic E-state index is 5.52. The van der Waals surface area contributed by atoms with Crippen LogP contribution in [-0.2, 0) is 13.1 Å². The summed E-state index contributed by atoms with van der Waals surface area (Å²) in [5.41, 5.74) is 2.14. The van der Waals surface area contributed by atoms with Crippen LogP contribution in [0.4, 0.5) is 0 Å². The molecule has 1 aromatic carbocycles. The van der Waals surface area contributed by atoms with Crippen LogP contribution in [0.2, 0.25) is 0 Å². The van der Waals surface area contributed by atoms with Crippen LogP contribution in [0.1, 0.15) is 11.1 Å². The van der Waals surface area contributed by atoms with Gasteiger partial charge in [0.15, 0.2) is 5.96 Å². The second-order valence-electron chi connectivity index (χ2n) is 7.01. The number of hydrogen-bond acceptors (Lipinski definition) is 6. The standard InChI is InChI=1S/C22H31N5O3/c1-23-22(25-15-17-6-5-9-24-21(17)30-4)27-12-10-26(11-13-27)16-18-14-19(28-2)7-8-20(18)29-3/h5-9,14H,10-13,15-16H2,1-4H3,(H,23,25). The number of aromatic nitrogens is 1. The summed E-state index contributed by atoms with van der Waals surface area (Å²) in [6.45, 7) is 5.12. The van der Waals surface area contributed by atoms with Crippen molar-refractivity contribution in [3.63, 3.8) is 0 Å². The fourth-order valence-electron chi connectivity index (χ4n) is 3.61. The minimum atomic E-state index is 0.616. The molecule has 1 aliphatic heterocycles. The minimum Gasteiger partial charge on any atom is -0.497 e. The molecule has 3 rings (SSSR count). The number of pyridine rings is 1. The molecule has 1 aliphatic rings. The second kappa shape index (κ2) is 10.7. The first-order valence-corrected chi connectivity index (χ1v) is 10.0. The van der Waals surface area contributed by atoms with Gasteiger partial charge < -0.3 is 24.4 Å². The zero-order valence-corrected chi connectivity index (χ0v) is 18.2. The molecule has 0 unspecified atom stereocenters. The summed E-state index contributed by atoms with van der Waals surface area (Å²) in [5, 5.41) is 3.43. The minimum absolute atomic E-state index is 0.616. The van der Waals surface area contributed by atoms with Gasteiger partial charge in [-0.25, -0.2) is 4.98 Å². The Labute approximate surface area is 178 Å². The van der Waals surface area contributed by atoms with Crippen molar-refractivity contribution in [1.29, 1.82) is 0 Å². The van der Waals surface area contributed by atoms with Gasteiger partial charge in [0.25, 0.3) is 0 Å². The lowest BCUT2D eigenvalue weighted by atomic mass is 10.1. The average Bonchev–Trinajstić information content (AvgIpc) is 2.80. The Kier molecular flexibility index (Phi) is 7.73. The van der Waals surface area contributed by atoms with E-state index in [-0.39, 0.29) is 0 Å². The van der Waals surface area contributed by atoms with Gasteiger partial charge in [0.2, 0.25) is 5.88 Å². The van der Waals surface area contributed by atoms with E-state index in [9.17, 15) is 0 Å². The summed E-state index contributed by atoms with van der Waals surface area (Å²) >= 11 is 0. The lowest BCUT2D eigenvalue weighted by Gasteiger charge is -2.36.